The molecule has 1 aromatic carbocycles. The van der Waals surface area contributed by atoms with E-state index < -0.39 is 59.8 Å². The number of ether oxygens (including phenoxy) is 1. The molecule has 4 nitrogen and oxygen atoms in total. The first-order valence-corrected chi connectivity index (χ1v) is 9.16. The van der Waals surface area contributed by atoms with Gasteiger partial charge in [-0.2, -0.15) is 0 Å². The van der Waals surface area contributed by atoms with Crippen molar-refractivity contribution in [1.82, 2.24) is 4.90 Å². The molecule has 4 heteroatoms. The molecule has 1 unspecified atom stereocenters. The molecular formula is C22H31NO3. The molecule has 0 spiro atoms. The number of benzene rings is 1. The first-order valence-electron chi connectivity index (χ1n) is 12.7. The van der Waals surface area contributed by atoms with Gasteiger partial charge in [-0.15, -0.1) is 0 Å². The van der Waals surface area contributed by atoms with Crippen molar-refractivity contribution in [3.05, 3.63) is 35.8 Å². The minimum atomic E-state index is -2.74. The molecule has 0 aromatic heterocycles. The SMILES string of the molecule is [2H]c1c([2H])c([2H])c(C(O)(C(=O)OC([2H])([2H])C#CCN(CC)CC)C2CCCCC2)c([2H])c1[2H]. The van der Waals surface area contributed by atoms with Crippen molar-refractivity contribution in [2.24, 2.45) is 5.92 Å². The van der Waals surface area contributed by atoms with Crippen molar-refractivity contribution in [3.8, 4) is 11.8 Å². The summed E-state index contributed by atoms with van der Waals surface area (Å²) in [4.78, 5) is 15.2. The van der Waals surface area contributed by atoms with Gasteiger partial charge in [-0.05, 0) is 31.5 Å². The van der Waals surface area contributed by atoms with Gasteiger partial charge in [-0.25, -0.2) is 4.79 Å². The summed E-state index contributed by atoms with van der Waals surface area (Å²) in [5, 5.41) is 11.7. The van der Waals surface area contributed by atoms with Crippen LogP contribution in [0, 0.1) is 17.8 Å². The fraction of sp³-hybridized carbons (Fsp3) is 0.591. The summed E-state index contributed by atoms with van der Waals surface area (Å²) < 4.78 is 61.3. The van der Waals surface area contributed by atoms with Crippen LogP contribution in [0.25, 0.3) is 0 Å². The monoisotopic (exact) mass is 364 g/mol. The van der Waals surface area contributed by atoms with E-state index in [0.717, 1.165) is 6.42 Å². The second kappa shape index (κ2) is 10.4. The molecule has 1 aromatic rings. The van der Waals surface area contributed by atoms with E-state index in [-0.39, 0.29) is 6.54 Å². The average Bonchev–Trinajstić information content (AvgIpc) is 2.79. The van der Waals surface area contributed by atoms with E-state index in [1.54, 1.807) is 0 Å². The number of carbonyl (C=O) groups is 1. The molecule has 1 saturated carbocycles. The van der Waals surface area contributed by atoms with E-state index in [0.29, 0.717) is 38.8 Å². The van der Waals surface area contributed by atoms with Crippen molar-refractivity contribution in [2.75, 3.05) is 26.2 Å². The van der Waals surface area contributed by atoms with Crippen molar-refractivity contribution < 1.29 is 24.2 Å². The lowest BCUT2D eigenvalue weighted by Crippen LogP contribution is -2.45. The molecule has 0 aliphatic heterocycles. The van der Waals surface area contributed by atoms with Gasteiger partial charge >= 0.3 is 5.97 Å². The summed E-state index contributed by atoms with van der Waals surface area (Å²) in [5.41, 5.74) is -3.20. The summed E-state index contributed by atoms with van der Waals surface area (Å²) in [5.74, 6) is 2.70. The molecule has 1 aliphatic rings. The number of rotatable bonds is 7. The molecule has 0 amide bonds. The molecule has 1 atom stereocenters. The zero-order valence-electron chi connectivity index (χ0n) is 22.4. The van der Waals surface area contributed by atoms with Crippen LogP contribution in [0.3, 0.4) is 0 Å². The lowest BCUT2D eigenvalue weighted by Gasteiger charge is -2.36. The van der Waals surface area contributed by atoms with Crippen LogP contribution in [-0.2, 0) is 15.1 Å². The Hall–Kier alpha value is -1.83. The molecule has 142 valence electrons. The average molecular weight is 365 g/mol. The van der Waals surface area contributed by atoms with Crippen LogP contribution >= 0.6 is 0 Å². The first-order chi connectivity index (χ1) is 15.4. The molecule has 0 saturated heterocycles. The Balaban J connectivity index is 2.51. The molecule has 0 radical (unpaired) electrons. The molecular weight excluding hydrogens is 326 g/mol. The zero-order chi connectivity index (χ0) is 25.0. The van der Waals surface area contributed by atoms with Crippen LogP contribution in [0.15, 0.2) is 30.2 Å². The number of nitrogens with zero attached hydrogens (tertiary/aromatic N) is 1. The Morgan fingerprint density at radius 1 is 1.27 bits per heavy atom. The van der Waals surface area contributed by atoms with Crippen LogP contribution < -0.4 is 0 Å². The minimum absolute atomic E-state index is 0.264. The molecule has 0 heterocycles. The van der Waals surface area contributed by atoms with Crippen LogP contribution in [0.5, 0.6) is 0 Å². The normalized spacial score (nSPS) is 21.6. The van der Waals surface area contributed by atoms with Gasteiger partial charge in [0.05, 0.1) is 16.1 Å². The zero-order valence-corrected chi connectivity index (χ0v) is 15.4. The smallest absolute Gasteiger partial charge is 0.344 e. The van der Waals surface area contributed by atoms with Gasteiger partial charge in [0, 0.05) is 5.92 Å². The maximum atomic E-state index is 13.3. The van der Waals surface area contributed by atoms with Gasteiger partial charge < -0.3 is 9.84 Å². The Bertz CT molecular complexity index is 905. The third-order valence-corrected chi connectivity index (χ3v) is 4.87. The summed E-state index contributed by atoms with van der Waals surface area (Å²) in [7, 11) is 0. The van der Waals surface area contributed by atoms with E-state index in [4.69, 9.17) is 14.3 Å². The molecule has 1 aliphatic carbocycles. The Morgan fingerprint density at radius 3 is 2.54 bits per heavy atom. The van der Waals surface area contributed by atoms with E-state index in [9.17, 15) is 9.90 Å². The van der Waals surface area contributed by atoms with Crippen LogP contribution in [0.1, 0.15) is 61.1 Å². The van der Waals surface area contributed by atoms with E-state index in [2.05, 4.69) is 11.8 Å². The van der Waals surface area contributed by atoms with Gasteiger partial charge in [-0.3, -0.25) is 4.90 Å². The number of esters is 1. The Morgan fingerprint density at radius 2 is 1.92 bits per heavy atom. The minimum Gasteiger partial charge on any atom is -0.450 e. The van der Waals surface area contributed by atoms with Gasteiger partial charge in [0.25, 0.3) is 0 Å². The quantitative estimate of drug-likeness (QED) is 0.595. The molecule has 2 rings (SSSR count). The lowest BCUT2D eigenvalue weighted by molar-refractivity contribution is -0.174. The van der Waals surface area contributed by atoms with E-state index in [1.165, 1.54) is 0 Å². The standard InChI is InChI=1S/C22H31NO3/c1-3-23(4-2)17-11-12-18-26-21(24)22(25,19-13-7-5-8-14-19)20-15-9-6-10-16-20/h5,7-8,13-14,20,25H,3-4,6,9-10,15-18H2,1-2H3/i5D,7D,8D,13D,14D,18D2. The molecule has 1 fully saturated rings. The highest BCUT2D eigenvalue weighted by molar-refractivity contribution is 5.81. The fourth-order valence-corrected chi connectivity index (χ4v) is 3.22. The maximum absolute atomic E-state index is 13.3. The highest BCUT2D eigenvalue weighted by Crippen LogP contribution is 2.40. The second-order valence-electron chi connectivity index (χ2n) is 6.36. The number of carbonyl (C=O) groups excluding carboxylic acids is 1. The van der Waals surface area contributed by atoms with Crippen molar-refractivity contribution in [3.63, 3.8) is 0 Å². The number of hydrogen-bond acceptors (Lipinski definition) is 4. The third kappa shape index (κ3) is 5.09. The lowest BCUT2D eigenvalue weighted by atomic mass is 9.73. The summed E-state index contributed by atoms with van der Waals surface area (Å²) in [6.07, 6.45) is 2.96. The first kappa shape index (κ1) is 12.5. The highest BCUT2D eigenvalue weighted by Gasteiger charge is 2.46. The highest BCUT2D eigenvalue weighted by atomic mass is 16.5. The largest absolute Gasteiger partial charge is 0.450 e. The fourth-order valence-electron chi connectivity index (χ4n) is 3.22. The number of hydrogen-bond donors (Lipinski definition) is 1. The Labute approximate surface area is 167 Å². The second-order valence-corrected chi connectivity index (χ2v) is 6.36. The van der Waals surface area contributed by atoms with Crippen molar-refractivity contribution in [2.45, 2.75) is 51.6 Å². The van der Waals surface area contributed by atoms with Crippen molar-refractivity contribution >= 4 is 5.97 Å². The van der Waals surface area contributed by atoms with Crippen molar-refractivity contribution in [1.29, 1.82) is 0 Å². The van der Waals surface area contributed by atoms with Crippen LogP contribution in [-0.4, -0.2) is 42.2 Å². The molecule has 0 bridgehead atoms. The van der Waals surface area contributed by atoms with Gasteiger partial charge in [-0.1, -0.05) is 75.2 Å². The number of aliphatic hydroxyl groups is 1. The Kier molecular flexibility index (Phi) is 4.99. The molecule has 26 heavy (non-hydrogen) atoms. The maximum Gasteiger partial charge on any atom is 0.344 e. The summed E-state index contributed by atoms with van der Waals surface area (Å²) in [6, 6.07) is -3.44. The van der Waals surface area contributed by atoms with Gasteiger partial charge in [0.15, 0.2) is 12.2 Å². The predicted octanol–water partition coefficient (Wildman–Crippen LogP) is 3.34. The van der Waals surface area contributed by atoms with E-state index >= 15 is 0 Å². The third-order valence-electron chi connectivity index (χ3n) is 4.87. The topological polar surface area (TPSA) is 49.8 Å². The summed E-state index contributed by atoms with van der Waals surface area (Å²) >= 11 is 0. The summed E-state index contributed by atoms with van der Waals surface area (Å²) in [6.45, 7) is 2.82. The van der Waals surface area contributed by atoms with Gasteiger partial charge in [0.1, 0.15) is 0 Å². The van der Waals surface area contributed by atoms with E-state index in [1.807, 2.05) is 18.7 Å². The van der Waals surface area contributed by atoms with Crippen LogP contribution in [0.4, 0.5) is 0 Å². The predicted molar refractivity (Wildman–Crippen MR) is 103 cm³/mol. The van der Waals surface area contributed by atoms with Crippen LogP contribution in [0.2, 0.25) is 0 Å². The van der Waals surface area contributed by atoms with Gasteiger partial charge in [0.2, 0.25) is 0 Å². The molecule has 1 N–H and O–H groups in total.